The summed E-state index contributed by atoms with van der Waals surface area (Å²) in [5.74, 6) is 2.45. The molecule has 1 fully saturated rings. The van der Waals surface area contributed by atoms with Gasteiger partial charge in [-0.25, -0.2) is 0 Å². The zero-order valence-corrected chi connectivity index (χ0v) is 22.4. The van der Waals surface area contributed by atoms with Gasteiger partial charge in [-0.3, -0.25) is 4.90 Å². The van der Waals surface area contributed by atoms with Gasteiger partial charge < -0.3 is 16.0 Å². The molecule has 0 aliphatic heterocycles. The highest BCUT2D eigenvalue weighted by atomic mass is 15.2. The normalized spacial score (nSPS) is 22.1. The molecule has 3 aromatic rings. The van der Waals surface area contributed by atoms with E-state index in [0.29, 0.717) is 24.4 Å². The number of nitrogens with zero attached hydrogens (tertiary/aromatic N) is 4. The lowest BCUT2D eigenvalue weighted by atomic mass is 9.66. The van der Waals surface area contributed by atoms with E-state index in [1.54, 1.807) is 0 Å². The van der Waals surface area contributed by atoms with Crippen molar-refractivity contribution in [3.05, 3.63) is 77.6 Å². The van der Waals surface area contributed by atoms with Gasteiger partial charge in [-0.1, -0.05) is 74.5 Å². The van der Waals surface area contributed by atoms with Crippen molar-refractivity contribution >= 4 is 11.9 Å². The van der Waals surface area contributed by atoms with Gasteiger partial charge in [-0.05, 0) is 56.8 Å². The Morgan fingerprint density at radius 2 is 1.39 bits per heavy atom. The maximum Gasteiger partial charge on any atom is 0.227 e. The van der Waals surface area contributed by atoms with Crippen LogP contribution in [0.2, 0.25) is 0 Å². The Kier molecular flexibility index (Phi) is 8.21. The molecule has 1 saturated carbocycles. The van der Waals surface area contributed by atoms with Gasteiger partial charge in [0.05, 0.1) is 6.54 Å². The minimum absolute atomic E-state index is 0.0294. The van der Waals surface area contributed by atoms with Gasteiger partial charge in [-0.2, -0.15) is 15.0 Å². The molecule has 3 N–H and O–H groups in total. The van der Waals surface area contributed by atoms with Crippen LogP contribution in [0.25, 0.3) is 0 Å². The largest absolute Gasteiger partial charge is 0.357 e. The highest BCUT2D eigenvalue weighted by Gasteiger charge is 2.45. The van der Waals surface area contributed by atoms with Crippen molar-refractivity contribution in [1.82, 2.24) is 25.2 Å². The van der Waals surface area contributed by atoms with E-state index in [1.165, 1.54) is 11.1 Å². The Bertz CT molecular complexity index is 1090. The van der Waals surface area contributed by atoms with E-state index in [0.717, 1.165) is 38.1 Å². The molecule has 192 valence electrons. The summed E-state index contributed by atoms with van der Waals surface area (Å²) in [5.41, 5.74) is 2.61. The monoisotopic (exact) mass is 487 g/mol. The molecule has 7 nitrogen and oxygen atoms in total. The number of hydrogen-bond acceptors (Lipinski definition) is 7. The second kappa shape index (κ2) is 11.4. The Labute approximate surface area is 216 Å². The summed E-state index contributed by atoms with van der Waals surface area (Å²) in [6.45, 7) is 5.74. The molecule has 4 rings (SSSR count). The van der Waals surface area contributed by atoms with Gasteiger partial charge in [0.2, 0.25) is 11.9 Å². The topological polar surface area (TPSA) is 78.0 Å². The first-order valence-electron chi connectivity index (χ1n) is 13.1. The third-order valence-corrected chi connectivity index (χ3v) is 7.58. The lowest BCUT2D eigenvalue weighted by Gasteiger charge is -2.50. The fraction of sp³-hybridized carbons (Fsp3) is 0.483. The van der Waals surface area contributed by atoms with Gasteiger partial charge in [0.15, 0.2) is 0 Å². The third-order valence-electron chi connectivity index (χ3n) is 7.58. The van der Waals surface area contributed by atoms with E-state index < -0.39 is 0 Å². The zero-order chi connectivity index (χ0) is 25.6. The maximum atomic E-state index is 4.72. The number of anilines is 2. The van der Waals surface area contributed by atoms with Crippen LogP contribution in [0.3, 0.4) is 0 Å². The second-order valence-corrected chi connectivity index (χ2v) is 10.5. The molecular formula is C29H41N7. The zero-order valence-electron chi connectivity index (χ0n) is 22.4. The van der Waals surface area contributed by atoms with E-state index in [2.05, 4.69) is 119 Å². The summed E-state index contributed by atoms with van der Waals surface area (Å²) in [7, 11) is 6.27. The van der Waals surface area contributed by atoms with Crippen LogP contribution in [-0.4, -0.2) is 47.5 Å². The van der Waals surface area contributed by atoms with Crippen molar-refractivity contribution in [3.63, 3.8) is 0 Å². The van der Waals surface area contributed by atoms with Crippen molar-refractivity contribution in [2.45, 2.75) is 57.2 Å². The summed E-state index contributed by atoms with van der Waals surface area (Å²) in [6, 6.07) is 21.8. The second-order valence-electron chi connectivity index (χ2n) is 10.5. The lowest BCUT2D eigenvalue weighted by Crippen LogP contribution is -2.52. The standard InChI is InChI=1S/C29H41N7/c1-22(2)20-31-27-34-25(33-26(30-3)35-27)21-32-28(23-12-8-6-9-13-23)16-18-29(19-17-28,36(4)5)24-14-10-7-11-15-24/h6-15,22,32H,16-21H2,1-5H3,(H2,30,31,33,34,35). The molecular weight excluding hydrogens is 446 g/mol. The lowest BCUT2D eigenvalue weighted by molar-refractivity contribution is 0.0521. The third kappa shape index (κ3) is 5.68. The van der Waals surface area contributed by atoms with Crippen molar-refractivity contribution in [3.8, 4) is 0 Å². The van der Waals surface area contributed by atoms with Crippen LogP contribution in [0.4, 0.5) is 11.9 Å². The summed E-state index contributed by atoms with van der Waals surface area (Å²) < 4.78 is 0. The van der Waals surface area contributed by atoms with E-state index >= 15 is 0 Å². The first-order chi connectivity index (χ1) is 17.4. The van der Waals surface area contributed by atoms with Gasteiger partial charge in [0.1, 0.15) is 5.82 Å². The molecule has 36 heavy (non-hydrogen) atoms. The van der Waals surface area contributed by atoms with E-state index in [-0.39, 0.29) is 11.1 Å². The van der Waals surface area contributed by atoms with Gasteiger partial charge in [0.25, 0.3) is 0 Å². The first kappa shape index (κ1) is 26.0. The van der Waals surface area contributed by atoms with Crippen LogP contribution in [0.15, 0.2) is 60.7 Å². The van der Waals surface area contributed by atoms with Gasteiger partial charge in [-0.15, -0.1) is 0 Å². The molecule has 1 aromatic heterocycles. The number of benzene rings is 2. The smallest absolute Gasteiger partial charge is 0.227 e. The SMILES string of the molecule is CNc1nc(CNC2(c3ccccc3)CCC(c3ccccc3)(N(C)C)CC2)nc(NCC(C)C)n1. The Morgan fingerprint density at radius 3 is 1.94 bits per heavy atom. The van der Waals surface area contributed by atoms with Crippen molar-refractivity contribution < 1.29 is 0 Å². The fourth-order valence-electron chi connectivity index (χ4n) is 5.39. The van der Waals surface area contributed by atoms with Gasteiger partial charge in [0, 0.05) is 24.7 Å². The average Bonchev–Trinajstić information content (AvgIpc) is 2.92. The fourth-order valence-corrected chi connectivity index (χ4v) is 5.39. The maximum absolute atomic E-state index is 4.72. The molecule has 0 amide bonds. The molecule has 2 aromatic carbocycles. The summed E-state index contributed by atoms with van der Waals surface area (Å²) >= 11 is 0. The average molecular weight is 488 g/mol. The van der Waals surface area contributed by atoms with Crippen LogP contribution < -0.4 is 16.0 Å². The van der Waals surface area contributed by atoms with Crippen LogP contribution >= 0.6 is 0 Å². The Balaban J connectivity index is 1.59. The molecule has 7 heteroatoms. The molecule has 0 saturated heterocycles. The molecule has 0 radical (unpaired) electrons. The number of aromatic nitrogens is 3. The van der Waals surface area contributed by atoms with Crippen LogP contribution in [0.5, 0.6) is 0 Å². The minimum Gasteiger partial charge on any atom is -0.357 e. The number of rotatable bonds is 10. The molecule has 0 spiro atoms. The van der Waals surface area contributed by atoms with E-state index in [1.807, 2.05) is 7.05 Å². The summed E-state index contributed by atoms with van der Waals surface area (Å²) in [5, 5.41) is 10.3. The van der Waals surface area contributed by atoms with Gasteiger partial charge >= 0.3 is 0 Å². The Morgan fingerprint density at radius 1 is 0.806 bits per heavy atom. The van der Waals surface area contributed by atoms with Crippen LogP contribution in [-0.2, 0) is 17.6 Å². The quantitative estimate of drug-likeness (QED) is 0.372. The van der Waals surface area contributed by atoms with Crippen molar-refractivity contribution in [2.24, 2.45) is 5.92 Å². The summed E-state index contributed by atoms with van der Waals surface area (Å²) in [4.78, 5) is 16.3. The molecule has 0 bridgehead atoms. The number of nitrogens with one attached hydrogen (secondary N) is 3. The highest BCUT2D eigenvalue weighted by molar-refractivity contribution is 5.34. The van der Waals surface area contributed by atoms with Crippen LogP contribution in [0.1, 0.15) is 56.5 Å². The first-order valence-corrected chi connectivity index (χ1v) is 13.1. The molecule has 0 unspecified atom stereocenters. The van der Waals surface area contributed by atoms with Crippen LogP contribution in [0, 0.1) is 5.92 Å². The van der Waals surface area contributed by atoms with E-state index in [4.69, 9.17) is 4.98 Å². The molecule has 0 atom stereocenters. The van der Waals surface area contributed by atoms with Crippen molar-refractivity contribution in [2.75, 3.05) is 38.3 Å². The van der Waals surface area contributed by atoms with E-state index in [9.17, 15) is 0 Å². The predicted octanol–water partition coefficient (Wildman–Crippen LogP) is 5.00. The Hall–Kier alpha value is -3.03. The minimum atomic E-state index is -0.145. The summed E-state index contributed by atoms with van der Waals surface area (Å²) in [6.07, 6.45) is 4.16. The number of hydrogen-bond donors (Lipinski definition) is 3. The van der Waals surface area contributed by atoms with Crippen molar-refractivity contribution in [1.29, 1.82) is 0 Å². The molecule has 1 heterocycles. The molecule has 1 aliphatic rings. The predicted molar refractivity (Wildman–Crippen MR) is 148 cm³/mol. The molecule has 1 aliphatic carbocycles. The highest BCUT2D eigenvalue weighted by Crippen LogP contribution is 2.48.